The molecule has 2 rings (SSSR count). The van der Waals surface area contributed by atoms with Gasteiger partial charge in [-0.2, -0.15) is 0 Å². The van der Waals surface area contributed by atoms with Crippen molar-refractivity contribution >= 4 is 5.69 Å². The summed E-state index contributed by atoms with van der Waals surface area (Å²) in [6.07, 6.45) is 0. The Morgan fingerprint density at radius 3 is 2.50 bits per heavy atom. The van der Waals surface area contributed by atoms with Crippen LogP contribution in [0.4, 0.5) is 5.69 Å². The summed E-state index contributed by atoms with van der Waals surface area (Å²) >= 11 is 0. The Bertz CT molecular complexity index is 547. The van der Waals surface area contributed by atoms with Crippen LogP contribution in [-0.4, -0.2) is 21.2 Å². The summed E-state index contributed by atoms with van der Waals surface area (Å²) in [7, 11) is 5.78. The number of hydrogen-bond acceptors (Lipinski definition) is 2. The fourth-order valence-corrected chi connectivity index (χ4v) is 1.95. The first-order valence-electron chi connectivity index (χ1n) is 5.96. The molecule has 18 heavy (non-hydrogen) atoms. The molecule has 0 atom stereocenters. The van der Waals surface area contributed by atoms with Crippen molar-refractivity contribution in [3.63, 3.8) is 0 Å². The van der Waals surface area contributed by atoms with E-state index in [9.17, 15) is 0 Å². The molecule has 0 fully saturated rings. The maximum atomic E-state index is 5.28. The Morgan fingerprint density at radius 2 is 1.89 bits per heavy atom. The molecule has 1 radical (unpaired) electrons. The largest absolute Gasteiger partial charge is 0.496 e. The molecule has 2 aromatic rings. The van der Waals surface area contributed by atoms with Gasteiger partial charge in [0.2, 0.25) is 0 Å². The quantitative estimate of drug-likeness (QED) is 0.813. The summed E-state index contributed by atoms with van der Waals surface area (Å²) < 4.78 is 5.28. The van der Waals surface area contributed by atoms with E-state index in [1.807, 2.05) is 26.2 Å². The van der Waals surface area contributed by atoms with E-state index in [2.05, 4.69) is 42.2 Å². The van der Waals surface area contributed by atoms with Crippen LogP contribution >= 0.6 is 0 Å². The molecule has 0 aliphatic carbocycles. The van der Waals surface area contributed by atoms with E-state index < -0.39 is 0 Å². The molecule has 0 saturated heterocycles. The summed E-state index contributed by atoms with van der Waals surface area (Å²) in [4.78, 5) is 2.09. The van der Waals surface area contributed by atoms with Gasteiger partial charge in [-0.1, -0.05) is 12.1 Å². The molecule has 0 N–H and O–H groups in total. The third kappa shape index (κ3) is 2.48. The topological polar surface area (TPSA) is 12.5 Å². The molecule has 2 aromatic carbocycles. The van der Waals surface area contributed by atoms with Gasteiger partial charge in [0.1, 0.15) is 5.75 Å². The van der Waals surface area contributed by atoms with Gasteiger partial charge in [-0.15, -0.1) is 0 Å². The second-order valence-electron chi connectivity index (χ2n) is 4.54. The molecule has 0 amide bonds. The van der Waals surface area contributed by atoms with E-state index in [-0.39, 0.29) is 0 Å². The van der Waals surface area contributed by atoms with Crippen molar-refractivity contribution in [1.29, 1.82) is 0 Å². The Morgan fingerprint density at radius 1 is 1.11 bits per heavy atom. The molecule has 2 heteroatoms. The predicted octanol–water partition coefficient (Wildman–Crippen LogP) is 3.54. The molecular weight excluding hydrogens is 222 g/mol. The highest BCUT2D eigenvalue weighted by Gasteiger charge is 2.04. The standard InChI is InChI=1S/C16H18NO/c1-12-10-14(8-9-16(12)18-4)13-6-5-7-15(11-13)17(2)3/h5,7-11H,1-4H3. The highest BCUT2D eigenvalue weighted by molar-refractivity contribution is 5.69. The Labute approximate surface area is 109 Å². The first-order valence-corrected chi connectivity index (χ1v) is 5.96. The van der Waals surface area contributed by atoms with Gasteiger partial charge in [0.25, 0.3) is 0 Å². The van der Waals surface area contributed by atoms with E-state index >= 15 is 0 Å². The SMILES string of the molecule is COc1ccc(-c2[c]ccc(N(C)C)c2)cc1C. The van der Waals surface area contributed by atoms with Crippen LogP contribution in [0.25, 0.3) is 11.1 Å². The zero-order valence-corrected chi connectivity index (χ0v) is 11.3. The maximum absolute atomic E-state index is 5.28. The number of hydrogen-bond donors (Lipinski definition) is 0. The average Bonchev–Trinajstić information content (AvgIpc) is 2.38. The molecule has 93 valence electrons. The second kappa shape index (κ2) is 5.13. The second-order valence-corrected chi connectivity index (χ2v) is 4.54. The van der Waals surface area contributed by atoms with Crippen molar-refractivity contribution in [2.24, 2.45) is 0 Å². The van der Waals surface area contributed by atoms with Crippen LogP contribution in [0.3, 0.4) is 0 Å². The minimum Gasteiger partial charge on any atom is -0.496 e. The zero-order chi connectivity index (χ0) is 13.1. The number of nitrogens with zero attached hydrogens (tertiary/aromatic N) is 1. The molecule has 2 nitrogen and oxygen atoms in total. The molecule has 0 heterocycles. The Balaban J connectivity index is 2.42. The van der Waals surface area contributed by atoms with E-state index in [4.69, 9.17) is 4.74 Å². The van der Waals surface area contributed by atoms with Gasteiger partial charge in [0.05, 0.1) is 7.11 Å². The smallest absolute Gasteiger partial charge is 0.121 e. The highest BCUT2D eigenvalue weighted by Crippen LogP contribution is 2.27. The Hall–Kier alpha value is -1.96. The fourth-order valence-electron chi connectivity index (χ4n) is 1.95. The van der Waals surface area contributed by atoms with Crippen molar-refractivity contribution in [3.8, 4) is 16.9 Å². The first kappa shape index (κ1) is 12.5. The van der Waals surface area contributed by atoms with E-state index in [0.29, 0.717) is 0 Å². The number of ether oxygens (including phenoxy) is 1. The van der Waals surface area contributed by atoms with Crippen LogP contribution in [0.15, 0.2) is 36.4 Å². The minimum absolute atomic E-state index is 0.919. The van der Waals surface area contributed by atoms with Crippen LogP contribution in [0.1, 0.15) is 5.56 Å². The van der Waals surface area contributed by atoms with Crippen LogP contribution in [0, 0.1) is 13.0 Å². The summed E-state index contributed by atoms with van der Waals surface area (Å²) in [5.41, 5.74) is 4.58. The third-order valence-electron chi connectivity index (χ3n) is 3.01. The van der Waals surface area contributed by atoms with Gasteiger partial charge >= 0.3 is 0 Å². The van der Waals surface area contributed by atoms with E-state index in [1.165, 1.54) is 5.69 Å². The number of aryl methyl sites for hydroxylation is 1. The van der Waals surface area contributed by atoms with Gasteiger partial charge in [0, 0.05) is 19.8 Å². The number of rotatable bonds is 3. The number of anilines is 1. The van der Waals surface area contributed by atoms with Gasteiger partial charge in [-0.05, 0) is 53.9 Å². The monoisotopic (exact) mass is 240 g/mol. The van der Waals surface area contributed by atoms with Crippen LogP contribution in [0.5, 0.6) is 5.75 Å². The molecule has 0 saturated carbocycles. The summed E-state index contributed by atoms with van der Waals surface area (Å²) in [5.74, 6) is 0.919. The minimum atomic E-state index is 0.919. The van der Waals surface area contributed by atoms with Gasteiger partial charge in [-0.25, -0.2) is 0 Å². The van der Waals surface area contributed by atoms with Crippen molar-refractivity contribution in [2.75, 3.05) is 26.1 Å². The maximum Gasteiger partial charge on any atom is 0.121 e. The fraction of sp³-hybridized carbons (Fsp3) is 0.250. The highest BCUT2D eigenvalue weighted by atomic mass is 16.5. The third-order valence-corrected chi connectivity index (χ3v) is 3.01. The van der Waals surface area contributed by atoms with Crippen molar-refractivity contribution < 1.29 is 4.74 Å². The van der Waals surface area contributed by atoms with Crippen molar-refractivity contribution in [2.45, 2.75) is 6.92 Å². The van der Waals surface area contributed by atoms with Crippen LogP contribution in [0.2, 0.25) is 0 Å². The summed E-state index contributed by atoms with van der Waals surface area (Å²) in [6, 6.07) is 15.6. The van der Waals surface area contributed by atoms with Gasteiger partial charge in [-0.3, -0.25) is 0 Å². The number of methoxy groups -OCH3 is 1. The lowest BCUT2D eigenvalue weighted by Crippen LogP contribution is -2.08. The van der Waals surface area contributed by atoms with Crippen molar-refractivity contribution in [1.82, 2.24) is 0 Å². The molecule has 0 spiro atoms. The lowest BCUT2D eigenvalue weighted by atomic mass is 10.0. The van der Waals surface area contributed by atoms with Gasteiger partial charge < -0.3 is 9.64 Å². The molecular formula is C16H18NO. The van der Waals surface area contributed by atoms with Crippen LogP contribution in [-0.2, 0) is 0 Å². The van der Waals surface area contributed by atoms with Crippen molar-refractivity contribution in [3.05, 3.63) is 48.0 Å². The number of benzene rings is 2. The molecule has 0 unspecified atom stereocenters. The molecule has 0 aromatic heterocycles. The lowest BCUT2D eigenvalue weighted by molar-refractivity contribution is 0.412. The van der Waals surface area contributed by atoms with E-state index in [0.717, 1.165) is 22.4 Å². The summed E-state index contributed by atoms with van der Waals surface area (Å²) in [6.45, 7) is 2.05. The van der Waals surface area contributed by atoms with Crippen LogP contribution < -0.4 is 9.64 Å². The zero-order valence-electron chi connectivity index (χ0n) is 11.3. The van der Waals surface area contributed by atoms with Gasteiger partial charge in [0.15, 0.2) is 0 Å². The Kier molecular flexibility index (Phi) is 3.56. The van der Waals surface area contributed by atoms with E-state index in [1.54, 1.807) is 7.11 Å². The lowest BCUT2D eigenvalue weighted by Gasteiger charge is -2.14. The average molecular weight is 240 g/mol. The summed E-state index contributed by atoms with van der Waals surface area (Å²) in [5, 5.41) is 0. The predicted molar refractivity (Wildman–Crippen MR) is 76.3 cm³/mol. The molecule has 0 aliphatic rings. The normalized spacial score (nSPS) is 10.2. The first-order chi connectivity index (χ1) is 8.61. The molecule has 0 aliphatic heterocycles. The molecule has 0 bridgehead atoms.